The third kappa shape index (κ3) is 5.03. The summed E-state index contributed by atoms with van der Waals surface area (Å²) in [5, 5.41) is 11.1. The van der Waals surface area contributed by atoms with E-state index < -0.39 is 27.8 Å². The number of rotatable bonds is 5. The van der Waals surface area contributed by atoms with Crippen LogP contribution in [-0.2, 0) is 19.6 Å². The first-order chi connectivity index (χ1) is 8.85. The molecule has 0 aliphatic carbocycles. The maximum absolute atomic E-state index is 11.8. The van der Waals surface area contributed by atoms with Crippen LogP contribution in [0.4, 0.5) is 4.79 Å². The highest BCUT2D eigenvalue weighted by atomic mass is 32.2. The highest BCUT2D eigenvalue weighted by Gasteiger charge is 2.31. The van der Waals surface area contributed by atoms with E-state index in [1.807, 2.05) is 0 Å². The van der Waals surface area contributed by atoms with Crippen molar-refractivity contribution in [1.82, 2.24) is 9.62 Å². The zero-order chi connectivity index (χ0) is 14.5. The average Bonchev–Trinajstić information content (AvgIpc) is 2.27. The lowest BCUT2D eigenvalue weighted by molar-refractivity contribution is -0.134. The van der Waals surface area contributed by atoms with Crippen LogP contribution in [0, 0.1) is 0 Å². The number of hydrogen-bond acceptors (Lipinski definition) is 5. The molecule has 0 saturated carbocycles. The molecule has 2 N–H and O–H groups in total. The number of carboxylic acid groups (broad SMARTS) is 1. The van der Waals surface area contributed by atoms with Crippen LogP contribution in [0.1, 0.15) is 19.8 Å². The van der Waals surface area contributed by atoms with E-state index in [-0.39, 0.29) is 25.7 Å². The molecule has 0 aromatic heterocycles. The summed E-state index contributed by atoms with van der Waals surface area (Å²) in [6, 6.07) is -0.351. The Balaban J connectivity index is 2.59. The fourth-order valence-corrected chi connectivity index (χ4v) is 3.21. The smallest absolute Gasteiger partial charge is 0.407 e. The molecule has 1 rings (SSSR count). The van der Waals surface area contributed by atoms with Crippen LogP contribution in [0.3, 0.4) is 0 Å². The third-order valence-electron chi connectivity index (χ3n) is 2.68. The van der Waals surface area contributed by atoms with Gasteiger partial charge in [0.05, 0.1) is 6.61 Å². The van der Waals surface area contributed by atoms with Crippen LogP contribution in [0.25, 0.3) is 0 Å². The summed E-state index contributed by atoms with van der Waals surface area (Å²) in [4.78, 5) is 21.8. The summed E-state index contributed by atoms with van der Waals surface area (Å²) in [6.07, 6.45) is 0.610. The number of amides is 1. The molecule has 1 saturated heterocycles. The molecule has 0 aromatic carbocycles. The van der Waals surface area contributed by atoms with Crippen molar-refractivity contribution in [1.29, 1.82) is 0 Å². The van der Waals surface area contributed by atoms with Gasteiger partial charge in [-0.1, -0.05) is 0 Å². The van der Waals surface area contributed by atoms with Gasteiger partial charge in [0.2, 0.25) is 10.0 Å². The van der Waals surface area contributed by atoms with Gasteiger partial charge in [-0.3, -0.25) is 4.79 Å². The maximum atomic E-state index is 11.8. The Kier molecular flexibility index (Phi) is 5.55. The lowest BCUT2D eigenvalue weighted by Gasteiger charge is -2.31. The number of aliphatic carboxylic acids is 1. The van der Waals surface area contributed by atoms with Gasteiger partial charge in [0.15, 0.2) is 5.75 Å². The highest BCUT2D eigenvalue weighted by molar-refractivity contribution is 7.89. The van der Waals surface area contributed by atoms with Crippen LogP contribution in [-0.4, -0.2) is 61.4 Å². The molecule has 0 radical (unpaired) electrons. The lowest BCUT2D eigenvalue weighted by atomic mass is 10.1. The predicted molar refractivity (Wildman–Crippen MR) is 66.2 cm³/mol. The molecule has 1 amide bonds. The second kappa shape index (κ2) is 6.71. The number of ether oxygens (including phenoxy) is 1. The molecule has 8 nitrogen and oxygen atoms in total. The van der Waals surface area contributed by atoms with E-state index in [0.717, 1.165) is 4.31 Å². The predicted octanol–water partition coefficient (Wildman–Crippen LogP) is -0.389. The number of piperidine rings is 1. The second-order valence-electron chi connectivity index (χ2n) is 4.21. The minimum Gasteiger partial charge on any atom is -0.480 e. The molecule has 110 valence electrons. The minimum absolute atomic E-state index is 0.0778. The Morgan fingerprint density at radius 3 is 2.74 bits per heavy atom. The number of carbonyl (C=O) groups excluding carboxylic acids is 1. The monoisotopic (exact) mass is 294 g/mol. The van der Waals surface area contributed by atoms with Crippen molar-refractivity contribution >= 4 is 22.1 Å². The largest absolute Gasteiger partial charge is 0.480 e. The Hall–Kier alpha value is -1.35. The van der Waals surface area contributed by atoms with E-state index in [2.05, 4.69) is 5.32 Å². The average molecular weight is 294 g/mol. The van der Waals surface area contributed by atoms with Gasteiger partial charge >= 0.3 is 12.1 Å². The van der Waals surface area contributed by atoms with Gasteiger partial charge in [0, 0.05) is 19.1 Å². The molecule has 1 fully saturated rings. The zero-order valence-corrected chi connectivity index (χ0v) is 11.5. The van der Waals surface area contributed by atoms with E-state index in [1.54, 1.807) is 6.92 Å². The minimum atomic E-state index is -3.82. The van der Waals surface area contributed by atoms with Gasteiger partial charge in [-0.15, -0.1) is 0 Å². The molecule has 1 heterocycles. The number of carbonyl (C=O) groups is 2. The fraction of sp³-hybridized carbons (Fsp3) is 0.800. The third-order valence-corrected chi connectivity index (χ3v) is 4.41. The van der Waals surface area contributed by atoms with Crippen LogP contribution in [0.5, 0.6) is 0 Å². The molecule has 0 bridgehead atoms. The number of alkyl carbamates (subject to hydrolysis) is 1. The Morgan fingerprint density at radius 2 is 2.16 bits per heavy atom. The summed E-state index contributed by atoms with van der Waals surface area (Å²) in [7, 11) is -3.82. The molecular formula is C10H18N2O6S. The van der Waals surface area contributed by atoms with Crippen molar-refractivity contribution in [3.05, 3.63) is 0 Å². The van der Waals surface area contributed by atoms with Crippen LogP contribution >= 0.6 is 0 Å². The van der Waals surface area contributed by atoms with Crippen molar-refractivity contribution < 1.29 is 27.9 Å². The van der Waals surface area contributed by atoms with Crippen molar-refractivity contribution in [3.63, 3.8) is 0 Å². The summed E-state index contributed by atoms with van der Waals surface area (Å²) in [5.41, 5.74) is 0. The lowest BCUT2D eigenvalue weighted by Crippen LogP contribution is -2.50. The van der Waals surface area contributed by atoms with Crippen LogP contribution in [0.2, 0.25) is 0 Å². The number of hydrogen-bond donors (Lipinski definition) is 2. The number of nitrogens with zero attached hydrogens (tertiary/aromatic N) is 1. The standard InChI is InChI=1S/C10H18N2O6S/c1-2-18-10(15)11-8-4-3-5-12(6-8)19(16,17)7-9(13)14/h8H,2-7H2,1H3,(H,11,15)(H,13,14). The van der Waals surface area contributed by atoms with E-state index in [0.29, 0.717) is 12.8 Å². The first kappa shape index (κ1) is 15.7. The quantitative estimate of drug-likeness (QED) is 0.714. The number of carboxylic acids is 1. The molecule has 19 heavy (non-hydrogen) atoms. The first-order valence-corrected chi connectivity index (χ1v) is 7.59. The molecule has 1 aliphatic rings. The molecular weight excluding hydrogens is 276 g/mol. The molecule has 1 aliphatic heterocycles. The fourth-order valence-electron chi connectivity index (χ4n) is 1.90. The van der Waals surface area contributed by atoms with Gasteiger partial charge in [-0.25, -0.2) is 13.2 Å². The van der Waals surface area contributed by atoms with Crippen LogP contribution in [0.15, 0.2) is 0 Å². The van der Waals surface area contributed by atoms with Crippen LogP contribution < -0.4 is 5.32 Å². The summed E-state index contributed by atoms with van der Waals surface area (Å²) < 4.78 is 29.3. The van der Waals surface area contributed by atoms with E-state index in [1.165, 1.54) is 0 Å². The van der Waals surface area contributed by atoms with Gasteiger partial charge in [0.25, 0.3) is 0 Å². The molecule has 9 heteroatoms. The van der Waals surface area contributed by atoms with E-state index >= 15 is 0 Å². The van der Waals surface area contributed by atoms with E-state index in [9.17, 15) is 18.0 Å². The Bertz CT molecular complexity index is 435. The van der Waals surface area contributed by atoms with Gasteiger partial charge < -0.3 is 15.2 Å². The van der Waals surface area contributed by atoms with E-state index in [4.69, 9.17) is 9.84 Å². The number of nitrogens with one attached hydrogen (secondary N) is 1. The molecule has 1 atom stereocenters. The Morgan fingerprint density at radius 1 is 1.47 bits per heavy atom. The molecule has 0 aromatic rings. The topological polar surface area (TPSA) is 113 Å². The van der Waals surface area contributed by atoms with Crippen molar-refractivity contribution in [2.24, 2.45) is 0 Å². The summed E-state index contributed by atoms with van der Waals surface area (Å²) in [6.45, 7) is 2.26. The zero-order valence-electron chi connectivity index (χ0n) is 10.7. The van der Waals surface area contributed by atoms with Crippen molar-refractivity contribution in [3.8, 4) is 0 Å². The summed E-state index contributed by atoms with van der Waals surface area (Å²) >= 11 is 0. The number of sulfonamides is 1. The first-order valence-electron chi connectivity index (χ1n) is 5.98. The maximum Gasteiger partial charge on any atom is 0.407 e. The molecule has 0 spiro atoms. The van der Waals surface area contributed by atoms with Gasteiger partial charge in [-0.05, 0) is 19.8 Å². The highest BCUT2D eigenvalue weighted by Crippen LogP contribution is 2.14. The second-order valence-corrected chi connectivity index (χ2v) is 6.18. The SMILES string of the molecule is CCOC(=O)NC1CCCN(S(=O)(=O)CC(=O)O)C1. The summed E-state index contributed by atoms with van der Waals surface area (Å²) in [5.74, 6) is -2.32. The normalized spacial score (nSPS) is 20.8. The van der Waals surface area contributed by atoms with Gasteiger partial charge in [0.1, 0.15) is 0 Å². The van der Waals surface area contributed by atoms with Crippen molar-refractivity contribution in [2.45, 2.75) is 25.8 Å². The van der Waals surface area contributed by atoms with Crippen molar-refractivity contribution in [2.75, 3.05) is 25.4 Å². The molecule has 1 unspecified atom stereocenters. The van der Waals surface area contributed by atoms with Gasteiger partial charge in [-0.2, -0.15) is 4.31 Å². The Labute approximate surface area is 111 Å².